The van der Waals surface area contributed by atoms with E-state index in [4.69, 9.17) is 15.7 Å². The van der Waals surface area contributed by atoms with Gasteiger partial charge in [-0.25, -0.2) is 9.97 Å². The van der Waals surface area contributed by atoms with Gasteiger partial charge in [0.15, 0.2) is 5.84 Å². The summed E-state index contributed by atoms with van der Waals surface area (Å²) >= 11 is 0. The Morgan fingerprint density at radius 1 is 1.43 bits per heavy atom. The Hall–Kier alpha value is -3.23. The van der Waals surface area contributed by atoms with Crippen molar-refractivity contribution in [1.82, 2.24) is 9.97 Å². The highest BCUT2D eigenvalue weighted by Gasteiger charge is 2.16. The second-order valence-corrected chi connectivity index (χ2v) is 4.06. The van der Waals surface area contributed by atoms with Crippen LogP contribution in [-0.4, -0.2) is 25.9 Å². The standard InChI is InChI=1S/C12H11N5O4/c1-7-2-3-9(17(19)20)10(4-7)21-11-6-14-8(5-15-11)12(13)16-18/h2-6,18H,1H3,(H2,13,16). The third-order valence-corrected chi connectivity index (χ3v) is 2.52. The summed E-state index contributed by atoms with van der Waals surface area (Å²) in [6.45, 7) is 1.78. The van der Waals surface area contributed by atoms with Crippen molar-refractivity contribution in [3.8, 4) is 11.6 Å². The molecule has 0 aliphatic rings. The summed E-state index contributed by atoms with van der Waals surface area (Å²) in [6.07, 6.45) is 2.45. The lowest BCUT2D eigenvalue weighted by atomic mass is 10.2. The van der Waals surface area contributed by atoms with Gasteiger partial charge in [0.25, 0.3) is 0 Å². The molecule has 0 saturated carbocycles. The van der Waals surface area contributed by atoms with Gasteiger partial charge in [-0.3, -0.25) is 10.1 Å². The van der Waals surface area contributed by atoms with Gasteiger partial charge in [-0.2, -0.15) is 0 Å². The lowest BCUT2D eigenvalue weighted by Gasteiger charge is -2.06. The maximum Gasteiger partial charge on any atom is 0.311 e. The highest BCUT2D eigenvalue weighted by Crippen LogP contribution is 2.30. The first kappa shape index (κ1) is 14.2. The molecule has 0 radical (unpaired) electrons. The van der Waals surface area contributed by atoms with E-state index in [-0.39, 0.29) is 28.8 Å². The van der Waals surface area contributed by atoms with Crippen molar-refractivity contribution < 1.29 is 14.9 Å². The molecule has 9 nitrogen and oxygen atoms in total. The van der Waals surface area contributed by atoms with Crippen LogP contribution in [0, 0.1) is 17.0 Å². The van der Waals surface area contributed by atoms with Crippen LogP contribution in [0.1, 0.15) is 11.3 Å². The Balaban J connectivity index is 2.30. The highest BCUT2D eigenvalue weighted by atomic mass is 16.6. The zero-order chi connectivity index (χ0) is 15.4. The summed E-state index contributed by atoms with van der Waals surface area (Å²) in [5.74, 6) is -0.0837. The van der Waals surface area contributed by atoms with Crippen molar-refractivity contribution in [3.63, 3.8) is 0 Å². The van der Waals surface area contributed by atoms with Crippen molar-refractivity contribution in [2.24, 2.45) is 10.9 Å². The average molecular weight is 289 g/mol. The molecule has 1 heterocycles. The number of hydrogen-bond acceptors (Lipinski definition) is 7. The first-order chi connectivity index (χ1) is 10.0. The predicted octanol–water partition coefficient (Wildman–Crippen LogP) is 1.58. The molecule has 3 N–H and O–H groups in total. The molecule has 0 bridgehead atoms. The number of oxime groups is 1. The Bertz CT molecular complexity index is 699. The van der Waals surface area contributed by atoms with Crippen LogP contribution in [0.25, 0.3) is 0 Å². The highest BCUT2D eigenvalue weighted by molar-refractivity contribution is 5.94. The smallest absolute Gasteiger partial charge is 0.311 e. The maximum atomic E-state index is 10.9. The summed E-state index contributed by atoms with van der Waals surface area (Å²) in [5.41, 5.74) is 6.13. The zero-order valence-corrected chi connectivity index (χ0v) is 10.9. The van der Waals surface area contributed by atoms with Crippen LogP contribution in [0.2, 0.25) is 0 Å². The van der Waals surface area contributed by atoms with Crippen LogP contribution in [0.4, 0.5) is 5.69 Å². The van der Waals surface area contributed by atoms with Gasteiger partial charge in [0.05, 0.1) is 17.3 Å². The predicted molar refractivity (Wildman–Crippen MR) is 72.5 cm³/mol. The van der Waals surface area contributed by atoms with Crippen LogP contribution >= 0.6 is 0 Å². The van der Waals surface area contributed by atoms with Crippen molar-refractivity contribution >= 4 is 11.5 Å². The first-order valence-electron chi connectivity index (χ1n) is 5.74. The maximum absolute atomic E-state index is 10.9. The minimum absolute atomic E-state index is 0.0539. The van der Waals surface area contributed by atoms with Gasteiger partial charge < -0.3 is 15.7 Å². The van der Waals surface area contributed by atoms with Gasteiger partial charge in [-0.05, 0) is 18.6 Å². The van der Waals surface area contributed by atoms with Crippen LogP contribution in [0.15, 0.2) is 35.7 Å². The molecule has 9 heteroatoms. The molecule has 2 rings (SSSR count). The molecule has 0 aliphatic heterocycles. The second kappa shape index (κ2) is 5.82. The number of benzene rings is 1. The van der Waals surface area contributed by atoms with E-state index in [2.05, 4.69) is 15.1 Å². The topological polar surface area (TPSA) is 137 Å². The van der Waals surface area contributed by atoms with Gasteiger partial charge in [-0.15, -0.1) is 0 Å². The molecule has 0 saturated heterocycles. The van der Waals surface area contributed by atoms with Crippen LogP contribution < -0.4 is 10.5 Å². The van der Waals surface area contributed by atoms with Crippen molar-refractivity contribution in [3.05, 3.63) is 52.0 Å². The lowest BCUT2D eigenvalue weighted by Crippen LogP contribution is -2.15. The monoisotopic (exact) mass is 289 g/mol. The summed E-state index contributed by atoms with van der Waals surface area (Å²) in [7, 11) is 0. The summed E-state index contributed by atoms with van der Waals surface area (Å²) in [4.78, 5) is 18.1. The molecule has 21 heavy (non-hydrogen) atoms. The van der Waals surface area contributed by atoms with E-state index in [1.165, 1.54) is 24.5 Å². The zero-order valence-electron chi connectivity index (χ0n) is 10.9. The van der Waals surface area contributed by atoms with Gasteiger partial charge >= 0.3 is 5.69 Å². The van der Waals surface area contributed by atoms with Crippen LogP contribution in [0.3, 0.4) is 0 Å². The molecule has 0 atom stereocenters. The Morgan fingerprint density at radius 2 is 2.19 bits per heavy atom. The number of aromatic nitrogens is 2. The average Bonchev–Trinajstić information content (AvgIpc) is 2.47. The fourth-order valence-electron chi connectivity index (χ4n) is 1.52. The Morgan fingerprint density at radius 3 is 2.76 bits per heavy atom. The van der Waals surface area contributed by atoms with Crippen LogP contribution in [-0.2, 0) is 0 Å². The SMILES string of the molecule is Cc1ccc([N+](=O)[O-])c(Oc2cnc(C(N)=NO)cn2)c1. The molecule has 0 fully saturated rings. The third-order valence-electron chi connectivity index (χ3n) is 2.52. The Labute approximate surface area is 118 Å². The molecule has 2 aromatic rings. The van der Waals surface area contributed by atoms with Gasteiger partial charge in [-0.1, -0.05) is 11.2 Å². The van der Waals surface area contributed by atoms with Gasteiger partial charge in [0.1, 0.15) is 5.69 Å². The summed E-state index contributed by atoms with van der Waals surface area (Å²) in [5, 5.41) is 22.2. The molecular formula is C12H11N5O4. The lowest BCUT2D eigenvalue weighted by molar-refractivity contribution is -0.385. The second-order valence-electron chi connectivity index (χ2n) is 4.06. The van der Waals surface area contributed by atoms with Gasteiger partial charge in [0, 0.05) is 6.07 Å². The fourth-order valence-corrected chi connectivity index (χ4v) is 1.52. The number of amidine groups is 1. The van der Waals surface area contributed by atoms with Crippen molar-refractivity contribution in [2.45, 2.75) is 6.92 Å². The molecular weight excluding hydrogens is 278 g/mol. The Kier molecular flexibility index (Phi) is 3.93. The number of nitrogens with two attached hydrogens (primary N) is 1. The quantitative estimate of drug-likeness (QED) is 0.286. The molecule has 0 unspecified atom stereocenters. The molecule has 0 spiro atoms. The number of nitro benzene ring substituents is 1. The van der Waals surface area contributed by atoms with Crippen molar-refractivity contribution in [1.29, 1.82) is 0 Å². The van der Waals surface area contributed by atoms with E-state index in [1.807, 2.05) is 0 Å². The van der Waals surface area contributed by atoms with E-state index in [9.17, 15) is 10.1 Å². The number of nitrogens with zero attached hydrogens (tertiary/aromatic N) is 4. The number of rotatable bonds is 4. The minimum Gasteiger partial charge on any atom is -0.430 e. The number of aryl methyl sites for hydroxylation is 1. The summed E-state index contributed by atoms with van der Waals surface area (Å²) < 4.78 is 5.36. The van der Waals surface area contributed by atoms with Crippen molar-refractivity contribution in [2.75, 3.05) is 0 Å². The molecule has 0 amide bonds. The van der Waals surface area contributed by atoms with E-state index in [1.54, 1.807) is 13.0 Å². The van der Waals surface area contributed by atoms with E-state index in [0.29, 0.717) is 0 Å². The molecule has 108 valence electrons. The van der Waals surface area contributed by atoms with Crippen LogP contribution in [0.5, 0.6) is 11.6 Å². The third kappa shape index (κ3) is 3.21. The fraction of sp³-hybridized carbons (Fsp3) is 0.0833. The minimum atomic E-state index is -0.549. The first-order valence-corrected chi connectivity index (χ1v) is 5.74. The largest absolute Gasteiger partial charge is 0.430 e. The van der Waals surface area contributed by atoms with Gasteiger partial charge in [0.2, 0.25) is 11.6 Å². The molecule has 0 aliphatic carbocycles. The van der Waals surface area contributed by atoms with E-state index < -0.39 is 4.92 Å². The molecule has 1 aromatic heterocycles. The molecule has 1 aromatic carbocycles. The van der Waals surface area contributed by atoms with E-state index >= 15 is 0 Å². The summed E-state index contributed by atoms with van der Waals surface area (Å²) in [6, 6.07) is 4.48. The number of hydrogen-bond donors (Lipinski definition) is 2. The normalized spacial score (nSPS) is 11.2. The number of nitro groups is 1. The number of ether oxygens (including phenoxy) is 1. The van der Waals surface area contributed by atoms with E-state index in [0.717, 1.165) is 5.56 Å².